The molecule has 2 heterocycles. The van der Waals surface area contributed by atoms with E-state index in [0.717, 1.165) is 25.1 Å². The van der Waals surface area contributed by atoms with Gasteiger partial charge in [-0.3, -0.25) is 14.5 Å². The second-order valence-electron chi connectivity index (χ2n) is 5.41. The van der Waals surface area contributed by atoms with Gasteiger partial charge in [-0.2, -0.15) is 0 Å². The lowest BCUT2D eigenvalue weighted by Gasteiger charge is -2.29. The van der Waals surface area contributed by atoms with E-state index in [1.54, 1.807) is 19.3 Å². The van der Waals surface area contributed by atoms with E-state index < -0.39 is 0 Å². The number of carbonyl (C=O) groups excluding carboxylic acids is 2. The number of rotatable bonds is 6. The molecule has 2 unspecified atom stereocenters. The van der Waals surface area contributed by atoms with Gasteiger partial charge in [0.2, 0.25) is 5.91 Å². The number of Topliss-reactive ketones (excluding diaryl/α,β-unsaturated/α-hetero) is 1. The lowest BCUT2D eigenvalue weighted by atomic mass is 10.1. The van der Waals surface area contributed by atoms with Crippen LogP contribution >= 0.6 is 0 Å². The van der Waals surface area contributed by atoms with E-state index in [0.29, 0.717) is 13.0 Å². The number of ketones is 1. The number of hydrogen-bond donors (Lipinski definition) is 1. The van der Waals surface area contributed by atoms with Gasteiger partial charge in [-0.1, -0.05) is 0 Å². The van der Waals surface area contributed by atoms with Crippen LogP contribution in [0.15, 0.2) is 22.8 Å². The Kier molecular flexibility index (Phi) is 4.95. The summed E-state index contributed by atoms with van der Waals surface area (Å²) >= 11 is 0. The highest BCUT2D eigenvalue weighted by molar-refractivity contribution is 5.81. The van der Waals surface area contributed by atoms with Crippen LogP contribution in [0.1, 0.15) is 38.9 Å². The molecule has 0 radical (unpaired) electrons. The monoisotopic (exact) mass is 278 g/mol. The van der Waals surface area contributed by atoms with Crippen LogP contribution in [0, 0.1) is 0 Å². The lowest BCUT2D eigenvalue weighted by Crippen LogP contribution is -2.47. The number of furan rings is 1. The van der Waals surface area contributed by atoms with Gasteiger partial charge in [0.1, 0.15) is 11.5 Å². The summed E-state index contributed by atoms with van der Waals surface area (Å²) in [4.78, 5) is 25.6. The largest absolute Gasteiger partial charge is 0.467 e. The second-order valence-corrected chi connectivity index (χ2v) is 5.41. The highest BCUT2D eigenvalue weighted by atomic mass is 16.3. The number of likely N-dealkylation sites (tertiary alicyclic amines) is 1. The SMILES string of the molecule is CC(=O)CC1CCCN1C(C)C(=O)NCc1ccco1. The van der Waals surface area contributed by atoms with E-state index >= 15 is 0 Å². The summed E-state index contributed by atoms with van der Waals surface area (Å²) < 4.78 is 5.19. The summed E-state index contributed by atoms with van der Waals surface area (Å²) in [7, 11) is 0. The third kappa shape index (κ3) is 3.70. The number of hydrogen-bond acceptors (Lipinski definition) is 4. The summed E-state index contributed by atoms with van der Waals surface area (Å²) in [6.07, 6.45) is 4.17. The molecule has 1 N–H and O–H groups in total. The van der Waals surface area contributed by atoms with Crippen molar-refractivity contribution in [2.24, 2.45) is 0 Å². The van der Waals surface area contributed by atoms with Gasteiger partial charge in [0.15, 0.2) is 0 Å². The average molecular weight is 278 g/mol. The fraction of sp³-hybridized carbons (Fsp3) is 0.600. The van der Waals surface area contributed by atoms with Gasteiger partial charge in [0, 0.05) is 12.5 Å². The lowest BCUT2D eigenvalue weighted by molar-refractivity contribution is -0.127. The number of nitrogens with one attached hydrogen (secondary N) is 1. The van der Waals surface area contributed by atoms with Crippen LogP contribution in [0.2, 0.25) is 0 Å². The molecule has 1 saturated heterocycles. The zero-order chi connectivity index (χ0) is 14.5. The molecule has 2 atom stereocenters. The predicted molar refractivity (Wildman–Crippen MR) is 75.0 cm³/mol. The third-order valence-electron chi connectivity index (χ3n) is 3.84. The molecule has 1 aliphatic rings. The van der Waals surface area contributed by atoms with Gasteiger partial charge in [0.05, 0.1) is 18.8 Å². The molecule has 0 bridgehead atoms. The van der Waals surface area contributed by atoms with Crippen LogP contribution in [0.4, 0.5) is 0 Å². The molecule has 1 aromatic heterocycles. The number of carbonyl (C=O) groups is 2. The fourth-order valence-corrected chi connectivity index (χ4v) is 2.80. The van der Waals surface area contributed by atoms with Gasteiger partial charge < -0.3 is 9.73 Å². The Morgan fingerprint density at radius 1 is 1.55 bits per heavy atom. The first kappa shape index (κ1) is 14.8. The van der Waals surface area contributed by atoms with Crippen molar-refractivity contribution in [1.29, 1.82) is 0 Å². The molecular formula is C15H22N2O3. The minimum Gasteiger partial charge on any atom is -0.467 e. The van der Waals surface area contributed by atoms with E-state index in [4.69, 9.17) is 4.42 Å². The molecule has 20 heavy (non-hydrogen) atoms. The standard InChI is InChI=1S/C15H22N2O3/c1-11(18)9-13-5-3-7-17(13)12(2)15(19)16-10-14-6-4-8-20-14/h4,6,8,12-13H,3,5,7,9-10H2,1-2H3,(H,16,19). The maximum absolute atomic E-state index is 12.2. The molecule has 5 nitrogen and oxygen atoms in total. The Bertz CT molecular complexity index is 456. The van der Waals surface area contributed by atoms with Gasteiger partial charge in [-0.05, 0) is 45.4 Å². The Labute approximate surface area is 119 Å². The molecular weight excluding hydrogens is 256 g/mol. The van der Waals surface area contributed by atoms with Gasteiger partial charge in [-0.15, -0.1) is 0 Å². The second kappa shape index (κ2) is 6.70. The van der Waals surface area contributed by atoms with Gasteiger partial charge in [-0.25, -0.2) is 0 Å². The summed E-state index contributed by atoms with van der Waals surface area (Å²) in [6.45, 7) is 4.79. The molecule has 5 heteroatoms. The molecule has 1 fully saturated rings. The normalized spacial score (nSPS) is 20.8. The average Bonchev–Trinajstić information content (AvgIpc) is 3.05. The van der Waals surface area contributed by atoms with Crippen molar-refractivity contribution >= 4 is 11.7 Å². The van der Waals surface area contributed by atoms with Crippen molar-refractivity contribution in [3.8, 4) is 0 Å². The first-order valence-electron chi connectivity index (χ1n) is 7.13. The maximum atomic E-state index is 12.2. The highest BCUT2D eigenvalue weighted by Gasteiger charge is 2.32. The first-order chi connectivity index (χ1) is 9.58. The Morgan fingerprint density at radius 3 is 3.00 bits per heavy atom. The van der Waals surface area contributed by atoms with Crippen LogP contribution < -0.4 is 5.32 Å². The maximum Gasteiger partial charge on any atom is 0.237 e. The summed E-state index contributed by atoms with van der Waals surface area (Å²) in [6, 6.07) is 3.63. The molecule has 110 valence electrons. The predicted octanol–water partition coefficient (Wildman–Crippen LogP) is 1.73. The molecule has 1 aliphatic heterocycles. The van der Waals surface area contributed by atoms with Crippen LogP contribution in [0.25, 0.3) is 0 Å². The van der Waals surface area contributed by atoms with Crippen molar-refractivity contribution in [1.82, 2.24) is 10.2 Å². The van der Waals surface area contributed by atoms with E-state index in [2.05, 4.69) is 10.2 Å². The van der Waals surface area contributed by atoms with Crippen LogP contribution in [0.3, 0.4) is 0 Å². The van der Waals surface area contributed by atoms with E-state index in [-0.39, 0.29) is 23.8 Å². The molecule has 0 saturated carbocycles. The Hall–Kier alpha value is -1.62. The molecule has 1 aromatic rings. The molecule has 0 aliphatic carbocycles. The summed E-state index contributed by atoms with van der Waals surface area (Å²) in [5, 5.41) is 2.88. The molecule has 0 spiro atoms. The number of nitrogens with zero attached hydrogens (tertiary/aromatic N) is 1. The van der Waals surface area contributed by atoms with Crippen molar-refractivity contribution in [3.05, 3.63) is 24.2 Å². The Balaban J connectivity index is 1.87. The van der Waals surface area contributed by atoms with Crippen LogP contribution in [-0.4, -0.2) is 35.2 Å². The van der Waals surface area contributed by atoms with E-state index in [1.165, 1.54) is 0 Å². The molecule has 2 rings (SSSR count). The number of amides is 1. The van der Waals surface area contributed by atoms with Gasteiger partial charge >= 0.3 is 0 Å². The van der Waals surface area contributed by atoms with Gasteiger partial charge in [0.25, 0.3) is 0 Å². The third-order valence-corrected chi connectivity index (χ3v) is 3.84. The van der Waals surface area contributed by atoms with Crippen molar-refractivity contribution in [2.45, 2.75) is 51.7 Å². The Morgan fingerprint density at radius 2 is 2.35 bits per heavy atom. The van der Waals surface area contributed by atoms with Crippen LogP contribution in [0.5, 0.6) is 0 Å². The van der Waals surface area contributed by atoms with Crippen LogP contribution in [-0.2, 0) is 16.1 Å². The summed E-state index contributed by atoms with van der Waals surface area (Å²) in [5.74, 6) is 0.911. The quantitative estimate of drug-likeness (QED) is 0.860. The van der Waals surface area contributed by atoms with Crippen molar-refractivity contribution < 1.29 is 14.0 Å². The first-order valence-corrected chi connectivity index (χ1v) is 7.13. The smallest absolute Gasteiger partial charge is 0.237 e. The fourth-order valence-electron chi connectivity index (χ4n) is 2.80. The minimum atomic E-state index is -0.211. The molecule has 0 aromatic carbocycles. The van der Waals surface area contributed by atoms with E-state index in [1.807, 2.05) is 13.0 Å². The zero-order valence-electron chi connectivity index (χ0n) is 12.1. The molecule has 1 amide bonds. The zero-order valence-corrected chi connectivity index (χ0v) is 12.1. The minimum absolute atomic E-state index is 0.0168. The highest BCUT2D eigenvalue weighted by Crippen LogP contribution is 2.23. The van der Waals surface area contributed by atoms with E-state index in [9.17, 15) is 9.59 Å². The van der Waals surface area contributed by atoms with Crippen molar-refractivity contribution in [2.75, 3.05) is 6.54 Å². The summed E-state index contributed by atoms with van der Waals surface area (Å²) in [5.41, 5.74) is 0. The van der Waals surface area contributed by atoms with Crippen molar-refractivity contribution in [3.63, 3.8) is 0 Å². The topological polar surface area (TPSA) is 62.6 Å².